The van der Waals surface area contributed by atoms with Crippen LogP contribution in [0, 0.1) is 0 Å². The SMILES string of the molecule is CN=C(NCc1nncn1C)N1CCC(=Cc2ccccc2)CC1.I. The zero-order chi connectivity index (χ0) is 16.8. The zero-order valence-corrected chi connectivity index (χ0v) is 17.1. The maximum absolute atomic E-state index is 4.40. The second kappa shape index (κ2) is 9.55. The highest BCUT2D eigenvalue weighted by Gasteiger charge is 2.17. The maximum Gasteiger partial charge on any atom is 0.194 e. The second-order valence-corrected chi connectivity index (χ2v) is 5.96. The number of guanidine groups is 1. The number of aliphatic imine (C=N–C) groups is 1. The average molecular weight is 452 g/mol. The first-order chi connectivity index (χ1) is 11.8. The van der Waals surface area contributed by atoms with Gasteiger partial charge in [0, 0.05) is 27.2 Å². The first-order valence-electron chi connectivity index (χ1n) is 8.29. The molecule has 0 unspecified atom stereocenters. The van der Waals surface area contributed by atoms with Gasteiger partial charge in [-0.05, 0) is 18.4 Å². The summed E-state index contributed by atoms with van der Waals surface area (Å²) < 4.78 is 1.91. The molecule has 25 heavy (non-hydrogen) atoms. The number of halogens is 1. The van der Waals surface area contributed by atoms with Gasteiger partial charge in [0.2, 0.25) is 0 Å². The average Bonchev–Trinajstić information content (AvgIpc) is 3.03. The van der Waals surface area contributed by atoms with Crippen LogP contribution in [0.5, 0.6) is 0 Å². The molecule has 1 aliphatic heterocycles. The van der Waals surface area contributed by atoms with Gasteiger partial charge in [0.1, 0.15) is 6.33 Å². The van der Waals surface area contributed by atoms with Crippen molar-refractivity contribution in [3.8, 4) is 0 Å². The third-order valence-electron chi connectivity index (χ3n) is 4.30. The van der Waals surface area contributed by atoms with Gasteiger partial charge in [-0.1, -0.05) is 42.0 Å². The van der Waals surface area contributed by atoms with Crippen LogP contribution in [0.15, 0.2) is 47.2 Å². The quantitative estimate of drug-likeness (QED) is 0.442. The van der Waals surface area contributed by atoms with Crippen LogP contribution in [-0.2, 0) is 13.6 Å². The van der Waals surface area contributed by atoms with Crippen molar-refractivity contribution < 1.29 is 0 Å². The number of aromatic nitrogens is 3. The molecule has 0 aliphatic carbocycles. The number of aryl methyl sites for hydroxylation is 1. The Morgan fingerprint density at radius 1 is 1.24 bits per heavy atom. The summed E-state index contributed by atoms with van der Waals surface area (Å²) in [6, 6.07) is 10.5. The van der Waals surface area contributed by atoms with E-state index in [4.69, 9.17) is 0 Å². The molecule has 2 heterocycles. The van der Waals surface area contributed by atoms with E-state index in [-0.39, 0.29) is 24.0 Å². The summed E-state index contributed by atoms with van der Waals surface area (Å²) in [5.41, 5.74) is 2.78. The van der Waals surface area contributed by atoms with Crippen molar-refractivity contribution in [1.82, 2.24) is 25.0 Å². The van der Waals surface area contributed by atoms with Gasteiger partial charge < -0.3 is 14.8 Å². The van der Waals surface area contributed by atoms with Gasteiger partial charge in [-0.25, -0.2) is 0 Å². The van der Waals surface area contributed by atoms with E-state index in [1.54, 1.807) is 6.33 Å². The highest BCUT2D eigenvalue weighted by atomic mass is 127. The number of piperidine rings is 1. The highest BCUT2D eigenvalue weighted by Crippen LogP contribution is 2.19. The summed E-state index contributed by atoms with van der Waals surface area (Å²) in [5.74, 6) is 1.83. The van der Waals surface area contributed by atoms with Crippen molar-refractivity contribution in [2.45, 2.75) is 19.4 Å². The summed E-state index contributed by atoms with van der Waals surface area (Å²) in [6.07, 6.45) is 6.16. The van der Waals surface area contributed by atoms with Crippen molar-refractivity contribution in [2.75, 3.05) is 20.1 Å². The van der Waals surface area contributed by atoms with E-state index in [0.717, 1.165) is 37.7 Å². The summed E-state index contributed by atoms with van der Waals surface area (Å²) in [6.45, 7) is 2.60. The molecular formula is C18H25IN6. The van der Waals surface area contributed by atoms with Gasteiger partial charge in [-0.15, -0.1) is 34.2 Å². The highest BCUT2D eigenvalue weighted by molar-refractivity contribution is 14.0. The van der Waals surface area contributed by atoms with Gasteiger partial charge in [0.25, 0.3) is 0 Å². The Morgan fingerprint density at radius 3 is 2.56 bits per heavy atom. The van der Waals surface area contributed by atoms with Crippen molar-refractivity contribution >= 4 is 36.0 Å². The molecule has 1 saturated heterocycles. The first-order valence-corrected chi connectivity index (χ1v) is 8.29. The predicted octanol–water partition coefficient (Wildman–Crippen LogP) is 2.69. The third-order valence-corrected chi connectivity index (χ3v) is 4.30. The lowest BCUT2D eigenvalue weighted by atomic mass is 10.0. The predicted molar refractivity (Wildman–Crippen MR) is 112 cm³/mol. The molecule has 2 aromatic rings. The Bertz CT molecular complexity index is 712. The molecule has 0 spiro atoms. The van der Waals surface area contributed by atoms with E-state index in [2.05, 4.69) is 61.8 Å². The lowest BCUT2D eigenvalue weighted by Crippen LogP contribution is -2.44. The summed E-state index contributed by atoms with van der Waals surface area (Å²) in [7, 11) is 3.77. The summed E-state index contributed by atoms with van der Waals surface area (Å²) >= 11 is 0. The molecule has 6 nitrogen and oxygen atoms in total. The van der Waals surface area contributed by atoms with Crippen LogP contribution in [0.4, 0.5) is 0 Å². The Morgan fingerprint density at radius 2 is 1.96 bits per heavy atom. The van der Waals surface area contributed by atoms with E-state index >= 15 is 0 Å². The van der Waals surface area contributed by atoms with Gasteiger partial charge >= 0.3 is 0 Å². The third kappa shape index (κ3) is 5.29. The molecule has 0 radical (unpaired) electrons. The number of hydrogen-bond donors (Lipinski definition) is 1. The lowest BCUT2D eigenvalue weighted by molar-refractivity contribution is 0.374. The standard InChI is InChI=1S/C18H24N6.HI/c1-19-18(20-13-17-22-21-14-23(17)2)24-10-8-16(9-11-24)12-15-6-4-3-5-7-15;/h3-7,12,14H,8-11,13H2,1-2H3,(H,19,20);1H. The summed E-state index contributed by atoms with van der Waals surface area (Å²) in [4.78, 5) is 6.71. The number of benzene rings is 1. The Hall–Kier alpha value is -1.90. The monoisotopic (exact) mass is 452 g/mol. The molecule has 1 aromatic carbocycles. The van der Waals surface area contributed by atoms with Crippen molar-refractivity contribution in [2.24, 2.45) is 12.0 Å². The molecule has 1 N–H and O–H groups in total. The molecule has 0 saturated carbocycles. The zero-order valence-electron chi connectivity index (χ0n) is 14.7. The molecule has 1 aliphatic rings. The number of likely N-dealkylation sites (tertiary alicyclic amines) is 1. The van der Waals surface area contributed by atoms with Crippen LogP contribution in [0.1, 0.15) is 24.2 Å². The normalized spacial score (nSPS) is 14.9. The molecular weight excluding hydrogens is 427 g/mol. The van der Waals surface area contributed by atoms with E-state index in [9.17, 15) is 0 Å². The fourth-order valence-electron chi connectivity index (χ4n) is 2.89. The maximum atomic E-state index is 4.40. The van der Waals surface area contributed by atoms with E-state index < -0.39 is 0 Å². The van der Waals surface area contributed by atoms with Gasteiger partial charge in [0.15, 0.2) is 11.8 Å². The van der Waals surface area contributed by atoms with E-state index in [1.807, 2.05) is 18.7 Å². The fraction of sp³-hybridized carbons (Fsp3) is 0.389. The van der Waals surface area contributed by atoms with Crippen LogP contribution in [0.3, 0.4) is 0 Å². The van der Waals surface area contributed by atoms with Gasteiger partial charge in [-0.2, -0.15) is 0 Å². The minimum absolute atomic E-state index is 0. The van der Waals surface area contributed by atoms with Crippen molar-refractivity contribution in [1.29, 1.82) is 0 Å². The second-order valence-electron chi connectivity index (χ2n) is 5.96. The molecule has 0 atom stereocenters. The minimum Gasteiger partial charge on any atom is -0.349 e. The van der Waals surface area contributed by atoms with Crippen LogP contribution >= 0.6 is 24.0 Å². The van der Waals surface area contributed by atoms with Crippen molar-refractivity contribution in [3.05, 3.63) is 53.6 Å². The van der Waals surface area contributed by atoms with Crippen LogP contribution in [0.25, 0.3) is 6.08 Å². The van der Waals surface area contributed by atoms with Gasteiger partial charge in [0.05, 0.1) is 6.54 Å². The topological polar surface area (TPSA) is 58.3 Å². The summed E-state index contributed by atoms with van der Waals surface area (Å²) in [5, 5.41) is 11.4. The van der Waals surface area contributed by atoms with Gasteiger partial charge in [-0.3, -0.25) is 4.99 Å². The molecule has 1 aromatic heterocycles. The molecule has 7 heteroatoms. The fourth-order valence-corrected chi connectivity index (χ4v) is 2.89. The largest absolute Gasteiger partial charge is 0.349 e. The molecule has 134 valence electrons. The number of nitrogens with one attached hydrogen (secondary N) is 1. The van der Waals surface area contributed by atoms with Crippen LogP contribution < -0.4 is 5.32 Å². The van der Waals surface area contributed by atoms with E-state index in [1.165, 1.54) is 11.1 Å². The number of nitrogens with zero attached hydrogens (tertiary/aromatic N) is 5. The minimum atomic E-state index is 0. The molecule has 0 amide bonds. The molecule has 3 rings (SSSR count). The molecule has 1 fully saturated rings. The van der Waals surface area contributed by atoms with Crippen LogP contribution in [0.2, 0.25) is 0 Å². The van der Waals surface area contributed by atoms with E-state index in [0.29, 0.717) is 6.54 Å². The number of hydrogen-bond acceptors (Lipinski definition) is 3. The Labute approximate surface area is 166 Å². The van der Waals surface area contributed by atoms with Crippen LogP contribution in [-0.4, -0.2) is 45.8 Å². The molecule has 0 bridgehead atoms. The Balaban J connectivity index is 0.00000225. The smallest absolute Gasteiger partial charge is 0.194 e. The number of rotatable bonds is 3. The first kappa shape index (κ1) is 19.4. The lowest BCUT2D eigenvalue weighted by Gasteiger charge is -2.31. The Kier molecular flexibility index (Phi) is 7.42. The van der Waals surface area contributed by atoms with Crippen molar-refractivity contribution in [3.63, 3.8) is 0 Å².